The monoisotopic (exact) mass is 587 g/mol. The molecule has 2 aromatic rings. The van der Waals surface area contributed by atoms with Crippen molar-refractivity contribution in [1.29, 1.82) is 0 Å². The molecule has 10 heteroatoms. The van der Waals surface area contributed by atoms with Crippen LogP contribution < -0.4 is 4.74 Å². The van der Waals surface area contributed by atoms with E-state index in [0.29, 0.717) is 25.3 Å². The number of ether oxygens (including phenoxy) is 2. The summed E-state index contributed by atoms with van der Waals surface area (Å²) in [6.45, 7) is 1.73. The third kappa shape index (κ3) is 5.34. The summed E-state index contributed by atoms with van der Waals surface area (Å²) < 4.78 is 11.8. The van der Waals surface area contributed by atoms with Crippen LogP contribution in [-0.2, 0) is 20.9 Å². The summed E-state index contributed by atoms with van der Waals surface area (Å²) in [6.07, 6.45) is 1.59. The Morgan fingerprint density at radius 2 is 1.87 bits per heavy atom. The third-order valence-corrected chi connectivity index (χ3v) is 6.83. The number of benzene rings is 2. The molecule has 3 rings (SSSR count). The van der Waals surface area contributed by atoms with E-state index < -0.39 is 23.2 Å². The molecule has 2 aromatic carbocycles. The van der Waals surface area contributed by atoms with Crippen LogP contribution in [0, 0.1) is 0 Å². The van der Waals surface area contributed by atoms with E-state index >= 15 is 0 Å². The highest BCUT2D eigenvalue weighted by molar-refractivity contribution is 9.11. The molecule has 0 saturated carbocycles. The molecule has 0 bridgehead atoms. The Kier molecular flexibility index (Phi) is 7.85. The van der Waals surface area contributed by atoms with Crippen molar-refractivity contribution in [2.45, 2.75) is 19.6 Å². The molecule has 0 spiro atoms. The van der Waals surface area contributed by atoms with Crippen molar-refractivity contribution in [3.05, 3.63) is 66.4 Å². The fraction of sp³-hybridized carbons (Fsp3) is 0.190. The van der Waals surface area contributed by atoms with Crippen molar-refractivity contribution >= 4 is 78.4 Å². The first kappa shape index (κ1) is 23.8. The SMILES string of the molecule is COC(=O)[C@@H](C)N1C(=O)S/C(=C/c2cc(Br)c(OCc3ccccc3Cl)c(Br)c2)C1=O. The van der Waals surface area contributed by atoms with Gasteiger partial charge >= 0.3 is 5.97 Å². The molecule has 2 amide bonds. The average Bonchev–Trinajstić information content (AvgIpc) is 3.00. The number of imide groups is 1. The highest BCUT2D eigenvalue weighted by Gasteiger charge is 2.41. The van der Waals surface area contributed by atoms with Gasteiger partial charge in [-0.25, -0.2) is 4.79 Å². The Morgan fingerprint density at radius 1 is 1.23 bits per heavy atom. The van der Waals surface area contributed by atoms with Crippen molar-refractivity contribution in [3.63, 3.8) is 0 Å². The smallest absolute Gasteiger partial charge is 0.328 e. The fourth-order valence-electron chi connectivity index (χ4n) is 2.81. The number of carbonyl (C=O) groups excluding carboxylic acids is 3. The second kappa shape index (κ2) is 10.2. The molecule has 0 radical (unpaired) electrons. The Bertz CT molecular complexity index is 1070. The van der Waals surface area contributed by atoms with Gasteiger partial charge in [-0.15, -0.1) is 0 Å². The van der Waals surface area contributed by atoms with E-state index in [2.05, 4.69) is 36.6 Å². The molecule has 0 unspecified atom stereocenters. The number of amides is 2. The minimum atomic E-state index is -0.998. The molecule has 1 atom stereocenters. The molecule has 0 aliphatic carbocycles. The summed E-state index contributed by atoms with van der Waals surface area (Å²) in [5.74, 6) is -0.627. The maximum absolute atomic E-state index is 12.7. The Morgan fingerprint density at radius 3 is 2.48 bits per heavy atom. The molecule has 0 aromatic heterocycles. The van der Waals surface area contributed by atoms with Gasteiger partial charge in [-0.1, -0.05) is 29.8 Å². The lowest BCUT2D eigenvalue weighted by molar-refractivity contribution is -0.148. The van der Waals surface area contributed by atoms with Crippen molar-refractivity contribution in [2.24, 2.45) is 0 Å². The molecule has 31 heavy (non-hydrogen) atoms. The zero-order chi connectivity index (χ0) is 22.7. The number of hydrogen-bond donors (Lipinski definition) is 0. The number of halogens is 3. The predicted octanol–water partition coefficient (Wildman–Crippen LogP) is 6.04. The number of methoxy groups -OCH3 is 1. The van der Waals surface area contributed by atoms with Crippen LogP contribution in [0.5, 0.6) is 5.75 Å². The lowest BCUT2D eigenvalue weighted by Crippen LogP contribution is -2.42. The van der Waals surface area contributed by atoms with Crippen LogP contribution in [0.25, 0.3) is 6.08 Å². The lowest BCUT2D eigenvalue weighted by atomic mass is 10.2. The molecule has 6 nitrogen and oxygen atoms in total. The maximum atomic E-state index is 12.7. The minimum absolute atomic E-state index is 0.212. The summed E-state index contributed by atoms with van der Waals surface area (Å²) >= 11 is 13.9. The van der Waals surface area contributed by atoms with Gasteiger partial charge in [0.2, 0.25) is 0 Å². The van der Waals surface area contributed by atoms with Gasteiger partial charge in [0.1, 0.15) is 18.4 Å². The largest absolute Gasteiger partial charge is 0.486 e. The second-order valence-corrected chi connectivity index (χ2v) is 9.55. The normalized spacial score (nSPS) is 16.0. The third-order valence-electron chi connectivity index (χ3n) is 4.40. The summed E-state index contributed by atoms with van der Waals surface area (Å²) in [6, 6.07) is 9.94. The van der Waals surface area contributed by atoms with E-state index in [1.54, 1.807) is 24.3 Å². The second-order valence-electron chi connectivity index (χ2n) is 6.44. The number of rotatable bonds is 6. The Balaban J connectivity index is 1.80. The van der Waals surface area contributed by atoms with Crippen LogP contribution in [0.4, 0.5) is 4.79 Å². The Labute approximate surface area is 205 Å². The van der Waals surface area contributed by atoms with Crippen LogP contribution in [0.15, 0.2) is 50.2 Å². The lowest BCUT2D eigenvalue weighted by Gasteiger charge is -2.18. The van der Waals surface area contributed by atoms with Gasteiger partial charge in [-0.2, -0.15) is 0 Å². The van der Waals surface area contributed by atoms with E-state index in [9.17, 15) is 14.4 Å². The van der Waals surface area contributed by atoms with Crippen LogP contribution in [-0.4, -0.2) is 35.2 Å². The highest BCUT2D eigenvalue weighted by Crippen LogP contribution is 2.38. The fourth-order valence-corrected chi connectivity index (χ4v) is 5.36. The number of hydrogen-bond acceptors (Lipinski definition) is 6. The van der Waals surface area contributed by atoms with Crippen LogP contribution >= 0.6 is 55.2 Å². The van der Waals surface area contributed by atoms with Crippen molar-refractivity contribution in [2.75, 3.05) is 7.11 Å². The molecule has 1 saturated heterocycles. The van der Waals surface area contributed by atoms with Crippen molar-refractivity contribution in [3.8, 4) is 5.75 Å². The molecule has 1 heterocycles. The summed E-state index contributed by atoms with van der Waals surface area (Å²) in [5, 5.41) is 0.0928. The van der Waals surface area contributed by atoms with Crippen molar-refractivity contribution in [1.82, 2.24) is 4.90 Å². The maximum Gasteiger partial charge on any atom is 0.328 e. The number of thioether (sulfide) groups is 1. The molecular weight excluding hydrogens is 574 g/mol. The van der Waals surface area contributed by atoms with E-state index in [1.165, 1.54) is 14.0 Å². The van der Waals surface area contributed by atoms with E-state index in [4.69, 9.17) is 16.3 Å². The van der Waals surface area contributed by atoms with Crippen LogP contribution in [0.2, 0.25) is 5.02 Å². The van der Waals surface area contributed by atoms with Crippen LogP contribution in [0.1, 0.15) is 18.1 Å². The van der Waals surface area contributed by atoms with Gasteiger partial charge in [-0.05, 0) is 80.4 Å². The number of carbonyl (C=O) groups is 3. The first-order valence-corrected chi connectivity index (χ1v) is 11.7. The molecule has 1 fully saturated rings. The summed E-state index contributed by atoms with van der Waals surface area (Å²) in [7, 11) is 1.21. The predicted molar refractivity (Wildman–Crippen MR) is 127 cm³/mol. The average molecular weight is 590 g/mol. The molecule has 162 valence electrons. The zero-order valence-corrected chi connectivity index (χ0v) is 21.1. The van der Waals surface area contributed by atoms with Gasteiger partial charge in [0.25, 0.3) is 11.1 Å². The van der Waals surface area contributed by atoms with Crippen LogP contribution in [0.3, 0.4) is 0 Å². The van der Waals surface area contributed by atoms with Gasteiger partial charge in [0.15, 0.2) is 0 Å². The summed E-state index contributed by atoms with van der Waals surface area (Å²) in [4.78, 5) is 37.8. The van der Waals surface area contributed by atoms with Crippen molar-refractivity contribution < 1.29 is 23.9 Å². The first-order valence-electron chi connectivity index (χ1n) is 8.93. The van der Waals surface area contributed by atoms with Gasteiger partial charge in [0.05, 0.1) is 21.0 Å². The summed E-state index contributed by atoms with van der Waals surface area (Å²) in [5.41, 5.74) is 1.51. The van der Waals surface area contributed by atoms with Gasteiger partial charge in [-0.3, -0.25) is 14.5 Å². The molecule has 1 aliphatic heterocycles. The zero-order valence-electron chi connectivity index (χ0n) is 16.4. The number of esters is 1. The molecule has 0 N–H and O–H groups in total. The Hall–Kier alpha value is -1.81. The molecule has 1 aliphatic rings. The standard InChI is InChI=1S/C21H16Br2ClNO5S/c1-11(20(27)29-2)25-19(26)17(31-21(25)28)9-12-7-14(22)18(15(23)8-12)30-10-13-5-3-4-6-16(13)24/h3-9,11H,10H2,1-2H3/b17-9+/t11-/m1/s1. The number of nitrogens with zero attached hydrogens (tertiary/aromatic N) is 1. The van der Waals surface area contributed by atoms with E-state index in [-0.39, 0.29) is 11.5 Å². The molecular formula is C21H16Br2ClNO5S. The minimum Gasteiger partial charge on any atom is -0.486 e. The van der Waals surface area contributed by atoms with E-state index in [1.807, 2.05) is 18.2 Å². The quantitative estimate of drug-likeness (QED) is 0.302. The topological polar surface area (TPSA) is 72.9 Å². The van der Waals surface area contributed by atoms with E-state index in [0.717, 1.165) is 22.2 Å². The highest BCUT2D eigenvalue weighted by atomic mass is 79.9. The van der Waals surface area contributed by atoms with Gasteiger partial charge in [0, 0.05) is 10.6 Å². The first-order chi connectivity index (χ1) is 14.7. The van der Waals surface area contributed by atoms with Gasteiger partial charge < -0.3 is 9.47 Å².